The van der Waals surface area contributed by atoms with Crippen molar-refractivity contribution in [3.05, 3.63) is 36.0 Å². The number of aryl methyl sites for hydroxylation is 1. The van der Waals surface area contributed by atoms with Crippen LogP contribution in [0, 0.1) is 0 Å². The lowest BCUT2D eigenvalue weighted by Crippen LogP contribution is -2.02. The van der Waals surface area contributed by atoms with Crippen LogP contribution in [0.2, 0.25) is 0 Å². The smallest absolute Gasteiger partial charge is 0.335 e. The molecule has 0 aliphatic carbocycles. The predicted octanol–water partition coefficient (Wildman–Crippen LogP) is 2.18. The van der Waals surface area contributed by atoms with Crippen LogP contribution < -0.4 is 4.74 Å². The minimum absolute atomic E-state index is 0.182. The highest BCUT2D eigenvalue weighted by atomic mass is 16.5. The van der Waals surface area contributed by atoms with E-state index in [2.05, 4.69) is 10.3 Å². The third-order valence-corrected chi connectivity index (χ3v) is 2.32. The lowest BCUT2D eigenvalue weighted by Gasteiger charge is -2.07. The summed E-state index contributed by atoms with van der Waals surface area (Å²) in [6, 6.07) is 6.30. The summed E-state index contributed by atoms with van der Waals surface area (Å²) in [6.45, 7) is 2.73. The average molecular weight is 247 g/mol. The van der Waals surface area contributed by atoms with E-state index in [-0.39, 0.29) is 5.56 Å². The van der Waals surface area contributed by atoms with Crippen LogP contribution in [-0.4, -0.2) is 26.1 Å². The van der Waals surface area contributed by atoms with E-state index in [1.165, 1.54) is 18.3 Å². The lowest BCUT2D eigenvalue weighted by molar-refractivity contribution is 0.0696. The van der Waals surface area contributed by atoms with Gasteiger partial charge in [-0.2, -0.15) is 0 Å². The minimum Gasteiger partial charge on any atom is -0.478 e. The summed E-state index contributed by atoms with van der Waals surface area (Å²) >= 11 is 0. The molecule has 1 N–H and O–H groups in total. The molecule has 0 aliphatic heterocycles. The number of aromatic nitrogens is 3. The summed E-state index contributed by atoms with van der Waals surface area (Å²) in [6.07, 6.45) is 2.41. The zero-order chi connectivity index (χ0) is 13.0. The molecular formula is C12H13N3O3. The molecule has 0 atom stereocenters. The van der Waals surface area contributed by atoms with Gasteiger partial charge in [0.1, 0.15) is 11.9 Å². The van der Waals surface area contributed by atoms with Gasteiger partial charge < -0.3 is 9.84 Å². The van der Waals surface area contributed by atoms with Gasteiger partial charge in [-0.1, -0.05) is 18.2 Å². The van der Waals surface area contributed by atoms with Crippen LogP contribution in [0.5, 0.6) is 11.6 Å². The molecule has 0 fully saturated rings. The van der Waals surface area contributed by atoms with E-state index in [1.54, 1.807) is 16.8 Å². The number of nitrogens with zero attached hydrogens (tertiary/aromatic N) is 3. The molecule has 2 aromatic rings. The molecule has 0 saturated carbocycles. The average Bonchev–Trinajstić information content (AvgIpc) is 2.77. The Morgan fingerprint density at radius 3 is 3.06 bits per heavy atom. The van der Waals surface area contributed by atoms with Gasteiger partial charge >= 0.3 is 5.97 Å². The Hall–Kier alpha value is -2.37. The molecule has 0 radical (unpaired) electrons. The van der Waals surface area contributed by atoms with E-state index in [0.29, 0.717) is 18.2 Å². The van der Waals surface area contributed by atoms with E-state index in [9.17, 15) is 4.79 Å². The summed E-state index contributed by atoms with van der Waals surface area (Å²) in [7, 11) is 0. The standard InChI is InChI=1S/C12H13N3O3/c1-2-6-15-11(8-13-14-15)18-10-5-3-4-9(7-10)12(16)17/h3-5,7-8H,2,6H2,1H3,(H,16,17). The Labute approximate surface area is 104 Å². The molecule has 0 spiro atoms. The van der Waals surface area contributed by atoms with E-state index in [4.69, 9.17) is 9.84 Å². The topological polar surface area (TPSA) is 77.2 Å². The quantitative estimate of drug-likeness (QED) is 0.876. The molecule has 0 unspecified atom stereocenters. The van der Waals surface area contributed by atoms with Crippen molar-refractivity contribution in [1.29, 1.82) is 0 Å². The van der Waals surface area contributed by atoms with Gasteiger partial charge in [0.2, 0.25) is 5.88 Å². The monoisotopic (exact) mass is 247 g/mol. The Balaban J connectivity index is 2.20. The number of ether oxygens (including phenoxy) is 1. The highest BCUT2D eigenvalue weighted by Crippen LogP contribution is 2.21. The molecule has 0 saturated heterocycles. The van der Waals surface area contributed by atoms with Crippen molar-refractivity contribution in [2.75, 3.05) is 0 Å². The Bertz CT molecular complexity index is 551. The molecule has 6 nitrogen and oxygen atoms in total. The van der Waals surface area contributed by atoms with Crippen LogP contribution in [-0.2, 0) is 6.54 Å². The lowest BCUT2D eigenvalue weighted by atomic mass is 10.2. The normalized spacial score (nSPS) is 10.3. The van der Waals surface area contributed by atoms with Crippen LogP contribution in [0.25, 0.3) is 0 Å². The van der Waals surface area contributed by atoms with Crippen LogP contribution >= 0.6 is 0 Å². The Kier molecular flexibility index (Phi) is 3.57. The largest absolute Gasteiger partial charge is 0.478 e. The first-order valence-corrected chi connectivity index (χ1v) is 5.60. The number of hydrogen-bond donors (Lipinski definition) is 1. The second-order valence-electron chi connectivity index (χ2n) is 3.73. The summed E-state index contributed by atoms with van der Waals surface area (Å²) in [5.41, 5.74) is 0.182. The molecule has 1 aromatic heterocycles. The SMILES string of the molecule is CCCn1nncc1Oc1cccc(C(=O)O)c1. The van der Waals surface area contributed by atoms with Gasteiger partial charge in [0.15, 0.2) is 0 Å². The van der Waals surface area contributed by atoms with Crippen LogP contribution in [0.1, 0.15) is 23.7 Å². The first kappa shape index (κ1) is 12.1. The molecule has 1 aromatic carbocycles. The van der Waals surface area contributed by atoms with Crippen molar-refractivity contribution in [3.8, 4) is 11.6 Å². The molecular weight excluding hydrogens is 234 g/mol. The summed E-state index contributed by atoms with van der Waals surface area (Å²) in [5.74, 6) is -0.0328. The fraction of sp³-hybridized carbons (Fsp3) is 0.250. The van der Waals surface area contributed by atoms with Gasteiger partial charge in [-0.15, -0.1) is 5.10 Å². The number of hydrogen-bond acceptors (Lipinski definition) is 4. The van der Waals surface area contributed by atoms with Gasteiger partial charge in [0, 0.05) is 6.54 Å². The van der Waals surface area contributed by atoms with E-state index >= 15 is 0 Å². The first-order chi connectivity index (χ1) is 8.70. The zero-order valence-corrected chi connectivity index (χ0v) is 9.91. The van der Waals surface area contributed by atoms with E-state index in [0.717, 1.165) is 6.42 Å². The highest BCUT2D eigenvalue weighted by molar-refractivity contribution is 5.88. The number of carbonyl (C=O) groups is 1. The Morgan fingerprint density at radius 1 is 1.50 bits per heavy atom. The van der Waals surface area contributed by atoms with Crippen molar-refractivity contribution in [2.45, 2.75) is 19.9 Å². The number of aromatic carboxylic acids is 1. The van der Waals surface area contributed by atoms with Crippen molar-refractivity contribution in [3.63, 3.8) is 0 Å². The molecule has 0 amide bonds. The van der Waals surface area contributed by atoms with Crippen molar-refractivity contribution >= 4 is 5.97 Å². The third-order valence-electron chi connectivity index (χ3n) is 2.32. The molecule has 94 valence electrons. The first-order valence-electron chi connectivity index (χ1n) is 5.60. The molecule has 6 heteroatoms. The highest BCUT2D eigenvalue weighted by Gasteiger charge is 2.08. The van der Waals surface area contributed by atoms with Gasteiger partial charge in [0.05, 0.1) is 5.56 Å². The minimum atomic E-state index is -0.986. The summed E-state index contributed by atoms with van der Waals surface area (Å²) in [4.78, 5) is 10.8. The second kappa shape index (κ2) is 5.31. The van der Waals surface area contributed by atoms with Crippen LogP contribution in [0.4, 0.5) is 0 Å². The molecule has 0 aliphatic rings. The zero-order valence-electron chi connectivity index (χ0n) is 9.91. The molecule has 1 heterocycles. The van der Waals surface area contributed by atoms with Gasteiger partial charge in [-0.3, -0.25) is 0 Å². The third kappa shape index (κ3) is 2.65. The Morgan fingerprint density at radius 2 is 2.33 bits per heavy atom. The number of carboxylic acid groups (broad SMARTS) is 1. The van der Waals surface area contributed by atoms with Crippen molar-refractivity contribution in [2.24, 2.45) is 0 Å². The van der Waals surface area contributed by atoms with Crippen molar-refractivity contribution < 1.29 is 14.6 Å². The molecule has 18 heavy (non-hydrogen) atoms. The predicted molar refractivity (Wildman–Crippen MR) is 63.8 cm³/mol. The maximum absolute atomic E-state index is 10.8. The van der Waals surface area contributed by atoms with Gasteiger partial charge in [-0.05, 0) is 24.6 Å². The fourth-order valence-electron chi connectivity index (χ4n) is 1.51. The number of benzene rings is 1. The summed E-state index contributed by atoms with van der Waals surface area (Å²) in [5, 5.41) is 16.5. The van der Waals surface area contributed by atoms with Gasteiger partial charge in [0.25, 0.3) is 0 Å². The van der Waals surface area contributed by atoms with Crippen LogP contribution in [0.15, 0.2) is 30.5 Å². The molecule has 0 bridgehead atoms. The maximum Gasteiger partial charge on any atom is 0.335 e. The number of carboxylic acids is 1. The van der Waals surface area contributed by atoms with Crippen LogP contribution in [0.3, 0.4) is 0 Å². The maximum atomic E-state index is 10.8. The van der Waals surface area contributed by atoms with Crippen molar-refractivity contribution in [1.82, 2.24) is 15.0 Å². The van der Waals surface area contributed by atoms with E-state index < -0.39 is 5.97 Å². The van der Waals surface area contributed by atoms with Gasteiger partial charge in [-0.25, -0.2) is 9.48 Å². The van der Waals surface area contributed by atoms with E-state index in [1.807, 2.05) is 6.92 Å². The summed E-state index contributed by atoms with van der Waals surface area (Å²) < 4.78 is 7.20. The second-order valence-corrected chi connectivity index (χ2v) is 3.73. The fourth-order valence-corrected chi connectivity index (χ4v) is 1.51. The molecule has 2 rings (SSSR count). The number of rotatable bonds is 5.